The van der Waals surface area contributed by atoms with Crippen molar-refractivity contribution in [3.63, 3.8) is 0 Å². The van der Waals surface area contributed by atoms with E-state index < -0.39 is 11.4 Å². The molecule has 1 unspecified atom stereocenters. The number of aliphatic carboxylic acids is 1. The van der Waals surface area contributed by atoms with Crippen molar-refractivity contribution in [3.8, 4) is 0 Å². The number of fused-ring (bicyclic) bond motifs is 3. The number of carboxylic acids is 1. The lowest BCUT2D eigenvalue weighted by Gasteiger charge is -2.42. The summed E-state index contributed by atoms with van der Waals surface area (Å²) >= 11 is 3.48. The molecule has 2 aromatic carbocycles. The normalized spacial score (nSPS) is 17.9. The molecule has 4 rings (SSSR count). The molecule has 2 N–H and O–H groups in total. The number of nitrogens with zero attached hydrogens (tertiary/aromatic N) is 1. The number of halogens is 1. The van der Waals surface area contributed by atoms with Crippen LogP contribution >= 0.6 is 15.9 Å². The molecule has 160 valence electrons. The Balaban J connectivity index is 2.03. The first-order valence-electron chi connectivity index (χ1n) is 10.3. The summed E-state index contributed by atoms with van der Waals surface area (Å²) in [5, 5.41) is 11.1. The van der Waals surface area contributed by atoms with Gasteiger partial charge in [-0.15, -0.1) is 0 Å². The van der Waals surface area contributed by atoms with Gasteiger partial charge in [0.1, 0.15) is 0 Å². The molecular weight excluding hydrogens is 456 g/mol. The average Bonchev–Trinajstić information content (AvgIpc) is 3.05. The third-order valence-electron chi connectivity index (χ3n) is 6.13. The van der Waals surface area contributed by atoms with Crippen LogP contribution in [0.15, 0.2) is 59.2 Å². The molecule has 3 aromatic rings. The molecule has 0 fully saturated rings. The molecular formula is C25H25BrN2O3. The Morgan fingerprint density at radius 2 is 1.74 bits per heavy atom. The van der Waals surface area contributed by atoms with Crippen molar-refractivity contribution in [2.75, 3.05) is 0 Å². The van der Waals surface area contributed by atoms with Crippen molar-refractivity contribution in [1.82, 2.24) is 9.88 Å². The number of nitrogens with one attached hydrogen (secondary N) is 1. The van der Waals surface area contributed by atoms with Crippen LogP contribution in [-0.4, -0.2) is 32.9 Å². The van der Waals surface area contributed by atoms with Gasteiger partial charge < -0.3 is 15.0 Å². The molecule has 0 aliphatic carbocycles. The van der Waals surface area contributed by atoms with Crippen molar-refractivity contribution < 1.29 is 14.7 Å². The van der Waals surface area contributed by atoms with E-state index in [-0.39, 0.29) is 23.4 Å². The maximum Gasteiger partial charge on any atom is 0.339 e. The Hall–Kier alpha value is -2.86. The fourth-order valence-corrected chi connectivity index (χ4v) is 5.52. The zero-order valence-corrected chi connectivity index (χ0v) is 19.5. The summed E-state index contributed by atoms with van der Waals surface area (Å²) in [5.41, 5.74) is 2.45. The molecule has 5 nitrogen and oxygen atoms in total. The molecule has 0 radical (unpaired) electrons. The summed E-state index contributed by atoms with van der Waals surface area (Å²) in [5.74, 6) is -1.22. The van der Waals surface area contributed by atoms with Gasteiger partial charge in [-0.05, 0) is 45.6 Å². The number of amides is 1. The van der Waals surface area contributed by atoms with E-state index in [1.54, 1.807) is 11.0 Å². The van der Waals surface area contributed by atoms with Crippen LogP contribution in [0.5, 0.6) is 0 Å². The Morgan fingerprint density at radius 3 is 2.39 bits per heavy atom. The number of hydrogen-bond acceptors (Lipinski definition) is 2. The number of para-hydroxylation sites is 1. The minimum Gasteiger partial charge on any atom is -0.478 e. The maximum atomic E-state index is 13.7. The van der Waals surface area contributed by atoms with E-state index >= 15 is 0 Å². The van der Waals surface area contributed by atoms with E-state index in [1.807, 2.05) is 42.5 Å². The van der Waals surface area contributed by atoms with Gasteiger partial charge in [0.25, 0.3) is 5.91 Å². The minimum absolute atomic E-state index is 0.0762. The Bertz CT molecular complexity index is 1220. The Kier molecular flexibility index (Phi) is 5.30. The van der Waals surface area contributed by atoms with Crippen LogP contribution in [0.2, 0.25) is 0 Å². The molecule has 1 aromatic heterocycles. The van der Waals surface area contributed by atoms with Crippen molar-refractivity contribution in [2.24, 2.45) is 5.92 Å². The highest BCUT2D eigenvalue weighted by Crippen LogP contribution is 2.45. The molecule has 1 aliphatic heterocycles. The summed E-state index contributed by atoms with van der Waals surface area (Å²) in [6, 6.07) is 14.8. The molecule has 31 heavy (non-hydrogen) atoms. The summed E-state index contributed by atoms with van der Waals surface area (Å²) in [6.45, 7) is 8.33. The molecule has 0 spiro atoms. The quantitative estimate of drug-likeness (QED) is 0.496. The zero-order valence-electron chi connectivity index (χ0n) is 17.9. The predicted octanol–water partition coefficient (Wildman–Crippen LogP) is 5.81. The van der Waals surface area contributed by atoms with Gasteiger partial charge in [-0.3, -0.25) is 4.79 Å². The number of benzene rings is 2. The van der Waals surface area contributed by atoms with Crippen LogP contribution in [0.1, 0.15) is 49.3 Å². The van der Waals surface area contributed by atoms with Gasteiger partial charge in [0.2, 0.25) is 0 Å². The third-order valence-corrected chi connectivity index (χ3v) is 6.82. The van der Waals surface area contributed by atoms with Gasteiger partial charge >= 0.3 is 5.97 Å². The number of carbonyl (C=O) groups excluding carboxylic acids is 1. The van der Waals surface area contributed by atoms with E-state index in [0.29, 0.717) is 15.7 Å². The zero-order chi connectivity index (χ0) is 22.5. The van der Waals surface area contributed by atoms with E-state index in [0.717, 1.165) is 16.5 Å². The lowest BCUT2D eigenvalue weighted by molar-refractivity contribution is -0.130. The number of H-pyrrole nitrogens is 1. The SMILES string of the molecule is CC(C)C1N(C(=O)c2ccccc2Br)C=C(C(=O)O)c2[nH]c3ccccc3c2C1(C)C. The fraction of sp³-hybridized carbons (Fsp3) is 0.280. The third kappa shape index (κ3) is 3.39. The van der Waals surface area contributed by atoms with Crippen molar-refractivity contribution >= 4 is 44.3 Å². The lowest BCUT2D eigenvalue weighted by atomic mass is 9.71. The second kappa shape index (κ2) is 7.68. The predicted molar refractivity (Wildman–Crippen MR) is 126 cm³/mol. The lowest BCUT2D eigenvalue weighted by Crippen LogP contribution is -2.50. The van der Waals surface area contributed by atoms with Crippen LogP contribution in [-0.2, 0) is 10.2 Å². The molecule has 2 heterocycles. The van der Waals surface area contributed by atoms with Crippen molar-refractivity contribution in [1.29, 1.82) is 0 Å². The fourth-order valence-electron chi connectivity index (χ4n) is 5.07. The monoisotopic (exact) mass is 480 g/mol. The number of aromatic nitrogens is 1. The highest BCUT2D eigenvalue weighted by molar-refractivity contribution is 9.10. The second-order valence-corrected chi connectivity index (χ2v) is 9.73. The van der Waals surface area contributed by atoms with Crippen LogP contribution in [0.25, 0.3) is 16.5 Å². The van der Waals surface area contributed by atoms with Gasteiger partial charge in [-0.1, -0.05) is 58.0 Å². The molecule has 0 bridgehead atoms. The van der Waals surface area contributed by atoms with E-state index in [2.05, 4.69) is 48.6 Å². The molecule has 0 saturated carbocycles. The van der Waals surface area contributed by atoms with Crippen molar-refractivity contribution in [3.05, 3.63) is 76.0 Å². The standard InChI is InChI=1S/C25H25BrN2O3/c1-14(2)22-25(3,4)20-16-10-6-8-12-19(16)27-21(20)17(24(30)31)13-28(22)23(29)15-9-5-7-11-18(15)26/h5-14,22,27H,1-4H3,(H,30,31). The molecule has 6 heteroatoms. The van der Waals surface area contributed by atoms with E-state index in [9.17, 15) is 14.7 Å². The van der Waals surface area contributed by atoms with E-state index in [1.165, 1.54) is 6.20 Å². The summed E-state index contributed by atoms with van der Waals surface area (Å²) < 4.78 is 0.679. The summed E-state index contributed by atoms with van der Waals surface area (Å²) in [7, 11) is 0. The van der Waals surface area contributed by atoms with Gasteiger partial charge in [-0.2, -0.15) is 0 Å². The first kappa shape index (κ1) is 21.4. The summed E-state index contributed by atoms with van der Waals surface area (Å²) in [6.07, 6.45) is 1.51. The first-order chi connectivity index (χ1) is 14.6. The van der Waals surface area contributed by atoms with Crippen LogP contribution < -0.4 is 0 Å². The minimum atomic E-state index is -1.07. The molecule has 1 amide bonds. The number of rotatable bonds is 3. The largest absolute Gasteiger partial charge is 0.478 e. The van der Waals surface area contributed by atoms with Crippen molar-refractivity contribution in [2.45, 2.75) is 39.2 Å². The average molecular weight is 481 g/mol. The highest BCUT2D eigenvalue weighted by Gasteiger charge is 2.45. The smallest absolute Gasteiger partial charge is 0.339 e. The Labute approximate surface area is 189 Å². The molecule has 1 aliphatic rings. The van der Waals surface area contributed by atoms with Crippen LogP contribution in [0, 0.1) is 5.92 Å². The number of hydrogen-bond donors (Lipinski definition) is 2. The second-order valence-electron chi connectivity index (χ2n) is 8.87. The van der Waals surface area contributed by atoms with E-state index in [4.69, 9.17) is 0 Å². The van der Waals surface area contributed by atoms with Gasteiger partial charge in [-0.25, -0.2) is 4.79 Å². The highest BCUT2D eigenvalue weighted by atomic mass is 79.9. The first-order valence-corrected chi connectivity index (χ1v) is 11.1. The maximum absolute atomic E-state index is 13.7. The van der Waals surface area contributed by atoms with Gasteiger partial charge in [0.15, 0.2) is 0 Å². The number of aromatic amines is 1. The number of carbonyl (C=O) groups is 2. The van der Waals surface area contributed by atoms with Crippen LogP contribution in [0.3, 0.4) is 0 Å². The molecule has 0 saturated heterocycles. The van der Waals surface area contributed by atoms with Crippen LogP contribution in [0.4, 0.5) is 0 Å². The Morgan fingerprint density at radius 1 is 1.10 bits per heavy atom. The van der Waals surface area contributed by atoms with Gasteiger partial charge in [0, 0.05) is 33.0 Å². The topological polar surface area (TPSA) is 73.4 Å². The summed E-state index contributed by atoms with van der Waals surface area (Å²) in [4.78, 5) is 31.0. The molecule has 1 atom stereocenters. The van der Waals surface area contributed by atoms with Gasteiger partial charge in [0.05, 0.1) is 16.8 Å². The number of carboxylic acid groups (broad SMARTS) is 1.